The largest absolute Gasteiger partial charge is 0.372 e. The van der Waals surface area contributed by atoms with Gasteiger partial charge in [0.25, 0.3) is 5.56 Å². The van der Waals surface area contributed by atoms with Gasteiger partial charge in [0.05, 0.1) is 11.4 Å². The van der Waals surface area contributed by atoms with Crippen molar-refractivity contribution in [2.45, 2.75) is 46.5 Å². The number of rotatable bonds is 6. The van der Waals surface area contributed by atoms with E-state index in [2.05, 4.69) is 39.4 Å². The number of piperidine rings is 1. The highest BCUT2D eigenvalue weighted by Gasteiger charge is 2.19. The molecule has 2 aromatic heterocycles. The molecule has 4 aromatic rings. The maximum Gasteiger partial charge on any atom is 0.273 e. The molecule has 1 aliphatic rings. The first kappa shape index (κ1) is 24.7. The van der Waals surface area contributed by atoms with E-state index < -0.39 is 0 Å². The molecule has 0 atom stereocenters. The van der Waals surface area contributed by atoms with Gasteiger partial charge in [-0.1, -0.05) is 24.6 Å². The number of hydrogen-bond donors (Lipinski definition) is 1. The Bertz CT molecular complexity index is 1480. The van der Waals surface area contributed by atoms with Crippen LogP contribution in [0.3, 0.4) is 0 Å². The Kier molecular flexibility index (Phi) is 6.82. The van der Waals surface area contributed by atoms with Crippen molar-refractivity contribution in [2.24, 2.45) is 13.0 Å². The summed E-state index contributed by atoms with van der Waals surface area (Å²) in [4.78, 5) is 32.8. The maximum atomic E-state index is 13.1. The normalized spacial score (nSPS) is 14.3. The number of amides is 1. The topological polar surface area (TPSA) is 85.1 Å². The second-order valence-electron chi connectivity index (χ2n) is 10.2. The van der Waals surface area contributed by atoms with Crippen LogP contribution in [0.4, 0.5) is 11.4 Å². The summed E-state index contributed by atoms with van der Waals surface area (Å²) >= 11 is 0. The lowest BCUT2D eigenvalue weighted by Crippen LogP contribution is -2.32. The Morgan fingerprint density at radius 1 is 1.00 bits per heavy atom. The van der Waals surface area contributed by atoms with E-state index in [1.165, 1.54) is 18.5 Å². The Labute approximate surface area is 216 Å². The van der Waals surface area contributed by atoms with Crippen molar-refractivity contribution in [2.75, 3.05) is 23.3 Å². The minimum Gasteiger partial charge on any atom is -0.372 e. The summed E-state index contributed by atoms with van der Waals surface area (Å²) in [7, 11) is 1.73. The number of aryl methyl sites for hydroxylation is 4. The van der Waals surface area contributed by atoms with Crippen LogP contribution in [0.15, 0.2) is 53.3 Å². The molecular formula is C29H34N6O2. The van der Waals surface area contributed by atoms with Crippen molar-refractivity contribution in [3.05, 3.63) is 75.8 Å². The van der Waals surface area contributed by atoms with E-state index in [1.54, 1.807) is 16.3 Å². The van der Waals surface area contributed by atoms with E-state index in [4.69, 9.17) is 0 Å². The Morgan fingerprint density at radius 2 is 1.65 bits per heavy atom. The molecule has 0 bridgehead atoms. The first-order valence-corrected chi connectivity index (χ1v) is 13.0. The molecule has 0 saturated carbocycles. The molecular weight excluding hydrogens is 464 g/mol. The molecule has 1 saturated heterocycles. The third-order valence-corrected chi connectivity index (χ3v) is 7.29. The van der Waals surface area contributed by atoms with Crippen LogP contribution in [-0.2, 0) is 18.3 Å². The van der Waals surface area contributed by atoms with Crippen molar-refractivity contribution in [3.63, 3.8) is 0 Å². The fourth-order valence-electron chi connectivity index (χ4n) is 4.92. The highest BCUT2D eigenvalue weighted by Crippen LogP contribution is 2.24. The molecule has 0 unspecified atom stereocenters. The number of nitrogens with zero attached hydrogens (tertiary/aromatic N) is 5. The average Bonchev–Trinajstić information content (AvgIpc) is 3.23. The van der Waals surface area contributed by atoms with Crippen LogP contribution < -0.4 is 15.8 Å². The number of nitrogens with one attached hydrogen (secondary N) is 1. The number of carbonyl (C=O) groups is 1. The van der Waals surface area contributed by atoms with Gasteiger partial charge >= 0.3 is 0 Å². The molecule has 1 fully saturated rings. The first-order valence-electron chi connectivity index (χ1n) is 13.0. The third-order valence-electron chi connectivity index (χ3n) is 7.29. The van der Waals surface area contributed by atoms with E-state index >= 15 is 0 Å². The van der Waals surface area contributed by atoms with E-state index in [0.29, 0.717) is 16.9 Å². The minimum absolute atomic E-state index is 0.143. The molecule has 0 radical (unpaired) electrons. The van der Waals surface area contributed by atoms with Gasteiger partial charge in [0.1, 0.15) is 11.2 Å². The van der Waals surface area contributed by atoms with Crippen LogP contribution in [-0.4, -0.2) is 38.3 Å². The molecule has 1 aliphatic heterocycles. The standard InChI is InChI=1S/C29H34N6O2/c1-19-5-9-24(10-6-19)35-28-27(21(3)32-35)31-25(29(37)33(28)4)13-14-26(36)30-22-7-11-23(12-8-22)34-17-15-20(2)16-18-34/h5-12,20H,13-18H2,1-4H3,(H,30,36). The second kappa shape index (κ2) is 10.2. The monoisotopic (exact) mass is 498 g/mol. The van der Waals surface area contributed by atoms with Crippen molar-refractivity contribution >= 4 is 28.4 Å². The fourth-order valence-corrected chi connectivity index (χ4v) is 4.92. The van der Waals surface area contributed by atoms with Crippen LogP contribution in [0.2, 0.25) is 0 Å². The SMILES string of the molecule is Cc1ccc(-n2nc(C)c3nc(CCC(=O)Nc4ccc(N5CCC(C)CC5)cc4)c(=O)n(C)c32)cc1. The smallest absolute Gasteiger partial charge is 0.273 e. The number of fused-ring (bicyclic) bond motifs is 1. The Balaban J connectivity index is 1.28. The zero-order valence-corrected chi connectivity index (χ0v) is 22.0. The summed E-state index contributed by atoms with van der Waals surface area (Å²) in [6, 6.07) is 16.0. The summed E-state index contributed by atoms with van der Waals surface area (Å²) in [5.74, 6) is 0.644. The quantitative estimate of drug-likeness (QED) is 0.422. The Hall–Kier alpha value is -3.94. The van der Waals surface area contributed by atoms with Gasteiger partial charge in [-0.3, -0.25) is 14.2 Å². The average molecular weight is 499 g/mol. The minimum atomic E-state index is -0.214. The number of benzene rings is 2. The van der Waals surface area contributed by atoms with Crippen molar-refractivity contribution in [3.8, 4) is 5.69 Å². The van der Waals surface area contributed by atoms with Gasteiger partial charge in [-0.2, -0.15) is 5.10 Å². The number of anilines is 2. The van der Waals surface area contributed by atoms with E-state index in [-0.39, 0.29) is 24.3 Å². The molecule has 8 nitrogen and oxygen atoms in total. The van der Waals surface area contributed by atoms with E-state index in [1.807, 2.05) is 50.2 Å². The van der Waals surface area contributed by atoms with Crippen LogP contribution in [0, 0.1) is 19.8 Å². The van der Waals surface area contributed by atoms with Gasteiger partial charge in [-0.05, 0) is 69.0 Å². The molecule has 1 amide bonds. The van der Waals surface area contributed by atoms with Gasteiger partial charge in [0.15, 0.2) is 5.65 Å². The lowest BCUT2D eigenvalue weighted by atomic mass is 9.99. The van der Waals surface area contributed by atoms with Gasteiger partial charge < -0.3 is 10.2 Å². The van der Waals surface area contributed by atoms with Crippen LogP contribution >= 0.6 is 0 Å². The molecule has 37 heavy (non-hydrogen) atoms. The summed E-state index contributed by atoms with van der Waals surface area (Å²) in [5, 5.41) is 7.59. The van der Waals surface area contributed by atoms with Crippen LogP contribution in [0.25, 0.3) is 16.9 Å². The summed E-state index contributed by atoms with van der Waals surface area (Å²) in [6.07, 6.45) is 2.85. The second-order valence-corrected chi connectivity index (χ2v) is 10.2. The summed E-state index contributed by atoms with van der Waals surface area (Å²) in [6.45, 7) is 8.36. The van der Waals surface area contributed by atoms with Gasteiger partial charge in [-0.15, -0.1) is 0 Å². The molecule has 0 spiro atoms. The molecule has 1 N–H and O–H groups in total. The van der Waals surface area contributed by atoms with Crippen molar-refractivity contribution in [1.29, 1.82) is 0 Å². The van der Waals surface area contributed by atoms with Gasteiger partial charge in [0, 0.05) is 44.4 Å². The van der Waals surface area contributed by atoms with E-state index in [0.717, 1.165) is 41.6 Å². The number of carbonyl (C=O) groups excluding carboxylic acids is 1. The zero-order chi connectivity index (χ0) is 26.1. The zero-order valence-electron chi connectivity index (χ0n) is 22.0. The van der Waals surface area contributed by atoms with Crippen molar-refractivity contribution < 1.29 is 4.79 Å². The van der Waals surface area contributed by atoms with E-state index in [9.17, 15) is 9.59 Å². The van der Waals surface area contributed by atoms with Gasteiger partial charge in [0.2, 0.25) is 5.91 Å². The number of hydrogen-bond acceptors (Lipinski definition) is 5. The lowest BCUT2D eigenvalue weighted by molar-refractivity contribution is -0.116. The van der Waals surface area contributed by atoms with Crippen molar-refractivity contribution in [1.82, 2.24) is 19.3 Å². The third kappa shape index (κ3) is 5.14. The van der Waals surface area contributed by atoms with Gasteiger partial charge in [-0.25, -0.2) is 9.67 Å². The fraction of sp³-hybridized carbons (Fsp3) is 0.379. The Morgan fingerprint density at radius 3 is 2.32 bits per heavy atom. The number of aromatic nitrogens is 4. The summed E-state index contributed by atoms with van der Waals surface area (Å²) < 4.78 is 3.33. The molecule has 2 aromatic carbocycles. The first-order chi connectivity index (χ1) is 17.8. The molecule has 8 heteroatoms. The van der Waals surface area contributed by atoms with Crippen LogP contribution in [0.1, 0.15) is 43.1 Å². The molecule has 0 aliphatic carbocycles. The predicted molar refractivity (Wildman–Crippen MR) is 148 cm³/mol. The highest BCUT2D eigenvalue weighted by molar-refractivity contribution is 5.91. The maximum absolute atomic E-state index is 13.1. The summed E-state index contributed by atoms with van der Waals surface area (Å²) in [5.41, 5.74) is 6.16. The molecule has 192 valence electrons. The molecule has 3 heterocycles. The van der Waals surface area contributed by atoms with Crippen LogP contribution in [0.5, 0.6) is 0 Å². The lowest BCUT2D eigenvalue weighted by Gasteiger charge is -2.32. The highest BCUT2D eigenvalue weighted by atomic mass is 16.1. The predicted octanol–water partition coefficient (Wildman–Crippen LogP) is 4.54. The molecule has 5 rings (SSSR count).